The summed E-state index contributed by atoms with van der Waals surface area (Å²) < 4.78 is 11.1. The van der Waals surface area contributed by atoms with Crippen LogP contribution in [0.4, 0.5) is 0 Å². The van der Waals surface area contributed by atoms with E-state index in [0.717, 1.165) is 0 Å². The molecule has 2 aliphatic rings. The first-order chi connectivity index (χ1) is 14.4. The van der Waals surface area contributed by atoms with Gasteiger partial charge in [-0.2, -0.15) is 0 Å². The molecule has 0 aromatic heterocycles. The number of ether oxygens (including phenoxy) is 2. The number of carboxylic acids is 2. The van der Waals surface area contributed by atoms with E-state index in [2.05, 4.69) is 0 Å². The topological polar surface area (TPSA) is 134 Å². The summed E-state index contributed by atoms with van der Waals surface area (Å²) in [6.07, 6.45) is 2.07. The molecule has 2 saturated heterocycles. The number of likely N-dealkylation sites (tertiary alicyclic amines) is 2. The zero-order chi connectivity index (χ0) is 21.7. The second-order valence-electron chi connectivity index (χ2n) is 7.19. The summed E-state index contributed by atoms with van der Waals surface area (Å²) in [4.78, 5) is 49.8. The zero-order valence-corrected chi connectivity index (χ0v) is 16.4. The fourth-order valence-electron chi connectivity index (χ4n) is 3.78. The number of carbonyl (C=O) groups is 4. The highest BCUT2D eigenvalue weighted by Gasteiger charge is 2.35. The van der Waals surface area contributed by atoms with Gasteiger partial charge in [-0.25, -0.2) is 9.59 Å². The van der Waals surface area contributed by atoms with Crippen LogP contribution in [0.15, 0.2) is 24.3 Å². The third-order valence-corrected chi connectivity index (χ3v) is 5.27. The van der Waals surface area contributed by atoms with Crippen molar-refractivity contribution in [2.75, 3.05) is 26.3 Å². The normalized spacial score (nSPS) is 20.8. The molecule has 0 radical (unpaired) electrons. The molecule has 2 atom stereocenters. The van der Waals surface area contributed by atoms with Gasteiger partial charge >= 0.3 is 11.9 Å². The van der Waals surface area contributed by atoms with E-state index < -0.39 is 35.8 Å². The van der Waals surface area contributed by atoms with Crippen molar-refractivity contribution in [1.82, 2.24) is 9.80 Å². The number of carboxylic acid groups (broad SMARTS) is 2. The largest absolute Gasteiger partial charge is 0.480 e. The maximum atomic E-state index is 12.4. The number of hydrogen-bond acceptors (Lipinski definition) is 6. The number of para-hydroxylation sites is 2. The minimum atomic E-state index is -1.04. The molecule has 2 fully saturated rings. The van der Waals surface area contributed by atoms with Crippen LogP contribution in [0.25, 0.3) is 0 Å². The van der Waals surface area contributed by atoms with Gasteiger partial charge in [-0.05, 0) is 37.8 Å². The van der Waals surface area contributed by atoms with Crippen LogP contribution < -0.4 is 9.47 Å². The van der Waals surface area contributed by atoms with Crippen LogP contribution >= 0.6 is 0 Å². The number of aliphatic carboxylic acids is 2. The highest BCUT2D eigenvalue weighted by molar-refractivity contribution is 5.86. The molecule has 1 aromatic rings. The predicted molar refractivity (Wildman–Crippen MR) is 102 cm³/mol. The van der Waals surface area contributed by atoms with E-state index in [1.165, 1.54) is 9.80 Å². The molecule has 2 amide bonds. The fraction of sp³-hybridized carbons (Fsp3) is 0.500. The molecule has 2 heterocycles. The Morgan fingerprint density at radius 3 is 1.57 bits per heavy atom. The van der Waals surface area contributed by atoms with Crippen molar-refractivity contribution in [3.63, 3.8) is 0 Å². The van der Waals surface area contributed by atoms with Crippen molar-refractivity contribution in [2.24, 2.45) is 0 Å². The third kappa shape index (κ3) is 4.81. The summed E-state index contributed by atoms with van der Waals surface area (Å²) in [6, 6.07) is 4.81. The smallest absolute Gasteiger partial charge is 0.326 e. The van der Waals surface area contributed by atoms with E-state index in [9.17, 15) is 29.4 Å². The predicted octanol–water partition coefficient (Wildman–Crippen LogP) is 0.595. The fourth-order valence-corrected chi connectivity index (χ4v) is 3.78. The number of carbonyl (C=O) groups excluding carboxylic acids is 2. The van der Waals surface area contributed by atoms with Crippen LogP contribution in [0.5, 0.6) is 11.5 Å². The minimum Gasteiger partial charge on any atom is -0.480 e. The van der Waals surface area contributed by atoms with Gasteiger partial charge in [0.1, 0.15) is 12.1 Å². The van der Waals surface area contributed by atoms with E-state index >= 15 is 0 Å². The molecular weight excluding hydrogens is 396 g/mol. The van der Waals surface area contributed by atoms with Crippen molar-refractivity contribution in [3.8, 4) is 11.5 Å². The molecular formula is C20H24N2O8. The lowest BCUT2D eigenvalue weighted by atomic mass is 10.2. The number of hydrogen-bond donors (Lipinski definition) is 2. The summed E-state index contributed by atoms with van der Waals surface area (Å²) in [7, 11) is 0. The minimum absolute atomic E-state index is 0.237. The highest BCUT2D eigenvalue weighted by Crippen LogP contribution is 2.27. The Labute approximate surface area is 173 Å². The summed E-state index contributed by atoms with van der Waals surface area (Å²) in [5.41, 5.74) is 0. The first kappa shape index (κ1) is 21.4. The molecule has 0 aliphatic carbocycles. The first-order valence-electron chi connectivity index (χ1n) is 9.77. The van der Waals surface area contributed by atoms with Crippen LogP contribution in [-0.2, 0) is 19.2 Å². The Morgan fingerprint density at radius 2 is 1.20 bits per heavy atom. The van der Waals surface area contributed by atoms with E-state index in [4.69, 9.17) is 9.47 Å². The van der Waals surface area contributed by atoms with Gasteiger partial charge in [0.05, 0.1) is 0 Å². The summed E-state index contributed by atoms with van der Waals surface area (Å²) in [5.74, 6) is -2.48. The van der Waals surface area contributed by atoms with Crippen LogP contribution in [-0.4, -0.2) is 82.2 Å². The van der Waals surface area contributed by atoms with E-state index in [1.807, 2.05) is 0 Å². The van der Waals surface area contributed by atoms with Crippen molar-refractivity contribution < 1.29 is 38.9 Å². The second kappa shape index (κ2) is 9.47. The van der Waals surface area contributed by atoms with E-state index in [-0.39, 0.29) is 24.7 Å². The van der Waals surface area contributed by atoms with E-state index in [1.54, 1.807) is 24.3 Å². The van der Waals surface area contributed by atoms with Gasteiger partial charge in [-0.1, -0.05) is 12.1 Å². The van der Waals surface area contributed by atoms with Crippen LogP contribution in [0, 0.1) is 0 Å². The van der Waals surface area contributed by atoms with Crippen molar-refractivity contribution in [3.05, 3.63) is 24.3 Å². The van der Waals surface area contributed by atoms with Gasteiger partial charge in [0.25, 0.3) is 11.8 Å². The first-order valence-corrected chi connectivity index (χ1v) is 9.77. The maximum Gasteiger partial charge on any atom is 0.326 e. The second-order valence-corrected chi connectivity index (χ2v) is 7.19. The average Bonchev–Trinajstić information content (AvgIpc) is 3.40. The van der Waals surface area contributed by atoms with Gasteiger partial charge in [0, 0.05) is 13.1 Å². The van der Waals surface area contributed by atoms with Crippen molar-refractivity contribution >= 4 is 23.8 Å². The average molecular weight is 420 g/mol. The molecule has 0 unspecified atom stereocenters. The number of nitrogens with zero attached hydrogens (tertiary/aromatic N) is 2. The van der Waals surface area contributed by atoms with Gasteiger partial charge < -0.3 is 29.5 Å². The van der Waals surface area contributed by atoms with Crippen molar-refractivity contribution in [2.45, 2.75) is 37.8 Å². The van der Waals surface area contributed by atoms with Gasteiger partial charge in [0.2, 0.25) is 0 Å². The van der Waals surface area contributed by atoms with Crippen LogP contribution in [0.1, 0.15) is 25.7 Å². The molecule has 0 saturated carbocycles. The Morgan fingerprint density at radius 1 is 0.800 bits per heavy atom. The standard InChI is InChI=1S/C20H24N2O8/c23-17(21-9-3-5-13(21)19(25)26)11-29-15-7-1-2-8-16(15)30-12-18(24)22-10-4-6-14(22)20(27)28/h1-2,7-8,13-14H,3-6,9-12H2,(H,25,26)(H,27,28)/t13-,14-/m0/s1. The third-order valence-electron chi connectivity index (χ3n) is 5.27. The van der Waals surface area contributed by atoms with E-state index in [0.29, 0.717) is 38.8 Å². The zero-order valence-electron chi connectivity index (χ0n) is 16.4. The van der Waals surface area contributed by atoms with Crippen LogP contribution in [0.2, 0.25) is 0 Å². The monoisotopic (exact) mass is 420 g/mol. The Hall–Kier alpha value is -3.30. The van der Waals surface area contributed by atoms with Gasteiger partial charge in [-0.15, -0.1) is 0 Å². The van der Waals surface area contributed by atoms with Crippen LogP contribution in [0.3, 0.4) is 0 Å². The molecule has 0 spiro atoms. The molecule has 162 valence electrons. The Balaban J connectivity index is 1.57. The molecule has 10 heteroatoms. The highest BCUT2D eigenvalue weighted by atomic mass is 16.5. The number of amides is 2. The lowest BCUT2D eigenvalue weighted by Gasteiger charge is -2.22. The quantitative estimate of drug-likeness (QED) is 0.624. The molecule has 30 heavy (non-hydrogen) atoms. The molecule has 10 nitrogen and oxygen atoms in total. The summed E-state index contributed by atoms with van der Waals surface area (Å²) in [6.45, 7) is 0.0232. The van der Waals surface area contributed by atoms with Crippen molar-refractivity contribution in [1.29, 1.82) is 0 Å². The Kier molecular flexibility index (Phi) is 6.76. The molecule has 2 N–H and O–H groups in total. The molecule has 0 bridgehead atoms. The molecule has 2 aliphatic heterocycles. The Bertz CT molecular complexity index is 760. The molecule has 3 rings (SSSR count). The number of benzene rings is 1. The number of rotatable bonds is 8. The van der Waals surface area contributed by atoms with Gasteiger partial charge in [-0.3, -0.25) is 9.59 Å². The SMILES string of the molecule is O=C(O)[C@@H]1CCCN1C(=O)COc1ccccc1OCC(=O)N1CCC[C@H]1C(=O)O. The van der Waals surface area contributed by atoms with Gasteiger partial charge in [0.15, 0.2) is 24.7 Å². The lowest BCUT2D eigenvalue weighted by Crippen LogP contribution is -2.43. The summed E-state index contributed by atoms with van der Waals surface area (Å²) in [5, 5.41) is 18.4. The molecule has 1 aromatic carbocycles. The summed E-state index contributed by atoms with van der Waals surface area (Å²) >= 11 is 0. The maximum absolute atomic E-state index is 12.4. The lowest BCUT2D eigenvalue weighted by molar-refractivity contribution is -0.149.